The standard InChI is InChI=1S/C13H23N3O2S2/c1-4-12-9-16(6-5-15(12)3)20(17,18)13-7-11(8-14-2)10-19-13/h7,10,12,14H,4-6,8-9H2,1-3H3. The van der Waals surface area contributed by atoms with Crippen LogP contribution >= 0.6 is 11.3 Å². The van der Waals surface area contributed by atoms with Gasteiger partial charge in [0, 0.05) is 32.2 Å². The fraction of sp³-hybridized carbons (Fsp3) is 0.692. The van der Waals surface area contributed by atoms with Crippen molar-refractivity contribution >= 4 is 21.4 Å². The lowest BCUT2D eigenvalue weighted by molar-refractivity contribution is 0.144. The first-order valence-electron chi connectivity index (χ1n) is 6.91. The molecule has 1 aliphatic rings. The molecule has 0 bridgehead atoms. The number of rotatable bonds is 5. The Morgan fingerprint density at radius 1 is 1.45 bits per heavy atom. The summed E-state index contributed by atoms with van der Waals surface area (Å²) < 4.78 is 27.4. The molecule has 1 N–H and O–H groups in total. The number of nitrogens with zero attached hydrogens (tertiary/aromatic N) is 2. The molecule has 0 saturated carbocycles. The van der Waals surface area contributed by atoms with E-state index in [-0.39, 0.29) is 0 Å². The van der Waals surface area contributed by atoms with Gasteiger partial charge in [-0.15, -0.1) is 11.3 Å². The Morgan fingerprint density at radius 3 is 2.85 bits per heavy atom. The zero-order valence-corrected chi connectivity index (χ0v) is 13.9. The van der Waals surface area contributed by atoms with Crippen LogP contribution in [0.3, 0.4) is 0 Å². The molecule has 1 unspecified atom stereocenters. The maximum atomic E-state index is 12.7. The van der Waals surface area contributed by atoms with Crippen LogP contribution in [0.15, 0.2) is 15.7 Å². The normalized spacial score (nSPS) is 22.2. The molecule has 5 nitrogen and oxygen atoms in total. The summed E-state index contributed by atoms with van der Waals surface area (Å²) in [6.45, 7) is 4.77. The molecular weight excluding hydrogens is 294 g/mol. The predicted octanol–water partition coefficient (Wildman–Crippen LogP) is 1.18. The smallest absolute Gasteiger partial charge is 0.252 e. The molecule has 1 aromatic heterocycles. The highest BCUT2D eigenvalue weighted by atomic mass is 32.2. The Hall–Kier alpha value is -0.470. The lowest BCUT2D eigenvalue weighted by Gasteiger charge is -2.38. The van der Waals surface area contributed by atoms with Gasteiger partial charge in [0.2, 0.25) is 0 Å². The van der Waals surface area contributed by atoms with Crippen LogP contribution in [0, 0.1) is 0 Å². The lowest BCUT2D eigenvalue weighted by atomic mass is 10.1. The van der Waals surface area contributed by atoms with Gasteiger partial charge in [0.15, 0.2) is 0 Å². The molecule has 2 heterocycles. The average Bonchev–Trinajstić information content (AvgIpc) is 2.89. The van der Waals surface area contributed by atoms with Crippen LogP contribution in [-0.2, 0) is 16.6 Å². The van der Waals surface area contributed by atoms with Crippen molar-refractivity contribution < 1.29 is 8.42 Å². The van der Waals surface area contributed by atoms with Gasteiger partial charge in [-0.2, -0.15) is 4.31 Å². The summed E-state index contributed by atoms with van der Waals surface area (Å²) in [5.41, 5.74) is 1.03. The minimum absolute atomic E-state index is 0.315. The number of nitrogens with one attached hydrogen (secondary N) is 1. The fourth-order valence-corrected chi connectivity index (χ4v) is 5.32. The SMILES string of the molecule is CCC1CN(S(=O)(=O)c2cc(CNC)cs2)CCN1C. The second-order valence-corrected chi connectivity index (χ2v) is 8.29. The monoisotopic (exact) mass is 317 g/mol. The van der Waals surface area contributed by atoms with E-state index in [1.54, 1.807) is 10.4 Å². The van der Waals surface area contributed by atoms with Crippen LogP contribution in [0.25, 0.3) is 0 Å². The van der Waals surface area contributed by atoms with Gasteiger partial charge in [-0.1, -0.05) is 6.92 Å². The molecule has 2 rings (SSSR count). The van der Waals surface area contributed by atoms with Gasteiger partial charge < -0.3 is 10.2 Å². The molecule has 1 saturated heterocycles. The molecule has 0 spiro atoms. The minimum atomic E-state index is -3.33. The van der Waals surface area contributed by atoms with Gasteiger partial charge in [0.05, 0.1) is 0 Å². The average molecular weight is 317 g/mol. The first-order chi connectivity index (χ1) is 9.48. The highest BCUT2D eigenvalue weighted by Crippen LogP contribution is 2.26. The number of likely N-dealkylation sites (N-methyl/N-ethyl adjacent to an activating group) is 1. The molecule has 114 valence electrons. The van der Waals surface area contributed by atoms with Gasteiger partial charge in [0.1, 0.15) is 4.21 Å². The topological polar surface area (TPSA) is 52.7 Å². The van der Waals surface area contributed by atoms with Crippen LogP contribution < -0.4 is 5.32 Å². The second kappa shape index (κ2) is 6.53. The third-order valence-electron chi connectivity index (χ3n) is 3.82. The third kappa shape index (κ3) is 3.23. The Labute approximate surface area is 125 Å². The molecule has 1 aromatic rings. The molecule has 1 fully saturated rings. The Morgan fingerprint density at radius 2 is 2.20 bits per heavy atom. The first kappa shape index (κ1) is 15.9. The van der Waals surface area contributed by atoms with E-state index < -0.39 is 10.0 Å². The Balaban J connectivity index is 2.17. The molecule has 20 heavy (non-hydrogen) atoms. The number of hydrogen-bond donors (Lipinski definition) is 1. The molecule has 0 radical (unpaired) electrons. The zero-order chi connectivity index (χ0) is 14.8. The summed E-state index contributed by atoms with van der Waals surface area (Å²) in [7, 11) is 0.595. The van der Waals surface area contributed by atoms with Crippen molar-refractivity contribution in [3.8, 4) is 0 Å². The highest BCUT2D eigenvalue weighted by Gasteiger charge is 2.32. The molecule has 0 aromatic carbocycles. The minimum Gasteiger partial charge on any atom is -0.316 e. The van der Waals surface area contributed by atoms with Gasteiger partial charge in [-0.05, 0) is 37.5 Å². The second-order valence-electron chi connectivity index (χ2n) is 5.21. The van der Waals surface area contributed by atoms with Crippen molar-refractivity contribution in [2.45, 2.75) is 30.1 Å². The van der Waals surface area contributed by atoms with E-state index in [0.29, 0.717) is 29.9 Å². The van der Waals surface area contributed by atoms with Crippen LogP contribution in [0.5, 0.6) is 0 Å². The highest BCUT2D eigenvalue weighted by molar-refractivity contribution is 7.91. The Kier molecular flexibility index (Phi) is 5.19. The Bertz CT molecular complexity index is 542. The molecule has 7 heteroatoms. The summed E-state index contributed by atoms with van der Waals surface area (Å²) in [6, 6.07) is 2.10. The summed E-state index contributed by atoms with van der Waals surface area (Å²) in [4.78, 5) is 2.24. The summed E-state index contributed by atoms with van der Waals surface area (Å²) in [5, 5.41) is 4.96. The van der Waals surface area contributed by atoms with Gasteiger partial charge in [-0.3, -0.25) is 0 Å². The number of hydrogen-bond acceptors (Lipinski definition) is 5. The van der Waals surface area contributed by atoms with E-state index in [1.807, 2.05) is 12.4 Å². The van der Waals surface area contributed by atoms with Crippen LogP contribution in [-0.4, -0.2) is 57.4 Å². The summed E-state index contributed by atoms with van der Waals surface area (Å²) in [5.74, 6) is 0. The van der Waals surface area contributed by atoms with E-state index in [1.165, 1.54) is 11.3 Å². The van der Waals surface area contributed by atoms with Crippen molar-refractivity contribution in [1.29, 1.82) is 0 Å². The van der Waals surface area contributed by atoms with Crippen molar-refractivity contribution in [3.63, 3.8) is 0 Å². The first-order valence-corrected chi connectivity index (χ1v) is 9.23. The molecular formula is C13H23N3O2S2. The quantitative estimate of drug-likeness (QED) is 0.886. The third-order valence-corrected chi connectivity index (χ3v) is 7.14. The van der Waals surface area contributed by atoms with Crippen LogP contribution in [0.1, 0.15) is 18.9 Å². The van der Waals surface area contributed by atoms with Crippen molar-refractivity contribution in [1.82, 2.24) is 14.5 Å². The molecule has 1 atom stereocenters. The molecule has 0 amide bonds. The predicted molar refractivity (Wildman–Crippen MR) is 82.6 cm³/mol. The van der Waals surface area contributed by atoms with Crippen LogP contribution in [0.2, 0.25) is 0 Å². The van der Waals surface area contributed by atoms with E-state index in [2.05, 4.69) is 24.2 Å². The lowest BCUT2D eigenvalue weighted by Crippen LogP contribution is -2.52. The van der Waals surface area contributed by atoms with Gasteiger partial charge >= 0.3 is 0 Å². The van der Waals surface area contributed by atoms with E-state index in [4.69, 9.17) is 0 Å². The molecule has 1 aliphatic heterocycles. The van der Waals surface area contributed by atoms with Crippen LogP contribution in [0.4, 0.5) is 0 Å². The van der Waals surface area contributed by atoms with E-state index in [9.17, 15) is 8.42 Å². The van der Waals surface area contributed by atoms with Crippen molar-refractivity contribution in [3.05, 3.63) is 17.0 Å². The maximum Gasteiger partial charge on any atom is 0.252 e. The van der Waals surface area contributed by atoms with E-state index >= 15 is 0 Å². The summed E-state index contributed by atoms with van der Waals surface area (Å²) in [6.07, 6.45) is 0.970. The van der Waals surface area contributed by atoms with Gasteiger partial charge in [0.25, 0.3) is 10.0 Å². The van der Waals surface area contributed by atoms with E-state index in [0.717, 1.165) is 18.5 Å². The van der Waals surface area contributed by atoms with Crippen molar-refractivity contribution in [2.24, 2.45) is 0 Å². The zero-order valence-electron chi connectivity index (χ0n) is 12.3. The number of piperazine rings is 1. The van der Waals surface area contributed by atoms with Crippen molar-refractivity contribution in [2.75, 3.05) is 33.7 Å². The van der Waals surface area contributed by atoms with Gasteiger partial charge in [-0.25, -0.2) is 8.42 Å². The fourth-order valence-electron chi connectivity index (χ4n) is 2.49. The summed E-state index contributed by atoms with van der Waals surface area (Å²) >= 11 is 1.32. The molecule has 0 aliphatic carbocycles. The maximum absolute atomic E-state index is 12.7. The largest absolute Gasteiger partial charge is 0.316 e. The number of thiophene rings is 1. The number of sulfonamides is 1.